The lowest BCUT2D eigenvalue weighted by Gasteiger charge is -2.22. The molecular formula is C20H28N2O3. The summed E-state index contributed by atoms with van der Waals surface area (Å²) in [5, 5.41) is 0. The fraction of sp³-hybridized carbons (Fsp3) is 0.600. The molecule has 2 fully saturated rings. The summed E-state index contributed by atoms with van der Waals surface area (Å²) in [5.74, 6) is 1.72. The Morgan fingerprint density at radius 2 is 1.68 bits per heavy atom. The van der Waals surface area contributed by atoms with Gasteiger partial charge in [-0.15, -0.1) is 0 Å². The van der Waals surface area contributed by atoms with Gasteiger partial charge in [0.15, 0.2) is 6.61 Å². The fourth-order valence-corrected chi connectivity index (χ4v) is 3.16. The second-order valence-electron chi connectivity index (χ2n) is 7.35. The van der Waals surface area contributed by atoms with Crippen LogP contribution in [0.5, 0.6) is 5.75 Å². The van der Waals surface area contributed by atoms with E-state index in [1.54, 1.807) is 0 Å². The van der Waals surface area contributed by atoms with E-state index >= 15 is 0 Å². The van der Waals surface area contributed by atoms with Crippen LogP contribution in [-0.2, 0) is 9.59 Å². The molecular weight excluding hydrogens is 316 g/mol. The summed E-state index contributed by atoms with van der Waals surface area (Å²) < 4.78 is 5.65. The van der Waals surface area contributed by atoms with Gasteiger partial charge in [-0.1, -0.05) is 26.0 Å². The van der Waals surface area contributed by atoms with Crippen LogP contribution < -0.4 is 4.74 Å². The normalized spacial score (nSPS) is 18.2. The Hall–Kier alpha value is -2.04. The molecule has 2 aliphatic rings. The van der Waals surface area contributed by atoms with Crippen molar-refractivity contribution in [2.24, 2.45) is 5.92 Å². The number of rotatable bonds is 5. The molecule has 0 unspecified atom stereocenters. The molecule has 0 radical (unpaired) electrons. The van der Waals surface area contributed by atoms with Gasteiger partial charge < -0.3 is 14.5 Å². The summed E-state index contributed by atoms with van der Waals surface area (Å²) in [5.41, 5.74) is 1.26. The predicted molar refractivity (Wildman–Crippen MR) is 96.5 cm³/mol. The molecule has 0 spiro atoms. The maximum Gasteiger partial charge on any atom is 0.260 e. The van der Waals surface area contributed by atoms with Crippen LogP contribution in [0.2, 0.25) is 0 Å². The van der Waals surface area contributed by atoms with Crippen molar-refractivity contribution in [3.05, 3.63) is 29.8 Å². The largest absolute Gasteiger partial charge is 0.484 e. The van der Waals surface area contributed by atoms with E-state index in [-0.39, 0.29) is 24.3 Å². The Bertz CT molecular complexity index is 608. The van der Waals surface area contributed by atoms with Gasteiger partial charge in [0, 0.05) is 32.1 Å². The second kappa shape index (κ2) is 7.89. The summed E-state index contributed by atoms with van der Waals surface area (Å²) in [6, 6.07) is 7.91. The van der Waals surface area contributed by atoms with Gasteiger partial charge in [0.25, 0.3) is 5.91 Å². The van der Waals surface area contributed by atoms with E-state index in [1.165, 1.54) is 5.56 Å². The van der Waals surface area contributed by atoms with Crippen molar-refractivity contribution < 1.29 is 14.3 Å². The standard InChI is InChI=1S/C20H28N2O3/c1-15(2)16-6-8-18(9-7-16)25-14-19(23)21-10-3-11-22(13-12-21)20(24)17-4-5-17/h6-9,15,17H,3-5,10-14H2,1-2H3. The van der Waals surface area contributed by atoms with Crippen molar-refractivity contribution in [1.29, 1.82) is 0 Å². The molecule has 0 N–H and O–H groups in total. The molecule has 5 nitrogen and oxygen atoms in total. The smallest absolute Gasteiger partial charge is 0.260 e. The third-order valence-electron chi connectivity index (χ3n) is 5.00. The van der Waals surface area contributed by atoms with Crippen molar-refractivity contribution in [3.8, 4) is 5.75 Å². The quantitative estimate of drug-likeness (QED) is 0.825. The Balaban J connectivity index is 1.47. The van der Waals surface area contributed by atoms with Crippen molar-refractivity contribution in [1.82, 2.24) is 9.80 Å². The number of benzene rings is 1. The molecule has 1 heterocycles. The zero-order chi connectivity index (χ0) is 17.8. The molecule has 5 heteroatoms. The molecule has 0 aromatic heterocycles. The minimum Gasteiger partial charge on any atom is -0.484 e. The topological polar surface area (TPSA) is 49.9 Å². The van der Waals surface area contributed by atoms with E-state index in [2.05, 4.69) is 13.8 Å². The van der Waals surface area contributed by atoms with Gasteiger partial charge in [0.05, 0.1) is 0 Å². The number of carbonyl (C=O) groups is 2. The Labute approximate surface area is 149 Å². The highest BCUT2D eigenvalue weighted by Crippen LogP contribution is 2.31. The van der Waals surface area contributed by atoms with E-state index in [1.807, 2.05) is 34.1 Å². The zero-order valence-corrected chi connectivity index (χ0v) is 15.2. The van der Waals surface area contributed by atoms with Crippen LogP contribution in [-0.4, -0.2) is 54.4 Å². The number of hydrogen-bond acceptors (Lipinski definition) is 3. The Morgan fingerprint density at radius 3 is 2.32 bits per heavy atom. The predicted octanol–water partition coefficient (Wildman–Crippen LogP) is 2.66. The maximum absolute atomic E-state index is 12.4. The summed E-state index contributed by atoms with van der Waals surface area (Å²) in [7, 11) is 0. The lowest BCUT2D eigenvalue weighted by Crippen LogP contribution is -2.39. The van der Waals surface area contributed by atoms with Crippen LogP contribution in [0.15, 0.2) is 24.3 Å². The van der Waals surface area contributed by atoms with E-state index in [0.717, 1.165) is 31.6 Å². The minimum atomic E-state index is -0.00587. The van der Waals surface area contributed by atoms with Gasteiger partial charge in [-0.05, 0) is 42.9 Å². The number of carbonyl (C=O) groups excluding carboxylic acids is 2. The first kappa shape index (κ1) is 17.8. The van der Waals surface area contributed by atoms with Gasteiger partial charge >= 0.3 is 0 Å². The molecule has 0 bridgehead atoms. The highest BCUT2D eigenvalue weighted by atomic mass is 16.5. The van der Waals surface area contributed by atoms with Crippen molar-refractivity contribution in [2.75, 3.05) is 32.8 Å². The molecule has 3 rings (SSSR count). The molecule has 1 aliphatic carbocycles. The molecule has 1 saturated heterocycles. The minimum absolute atomic E-state index is 0.00587. The molecule has 1 aromatic rings. The van der Waals surface area contributed by atoms with Gasteiger partial charge in [0.1, 0.15) is 5.75 Å². The molecule has 25 heavy (non-hydrogen) atoms. The first-order valence-corrected chi connectivity index (χ1v) is 9.34. The molecule has 0 atom stereocenters. The van der Waals surface area contributed by atoms with Crippen molar-refractivity contribution in [2.45, 2.75) is 39.0 Å². The van der Waals surface area contributed by atoms with Crippen LogP contribution in [0.25, 0.3) is 0 Å². The van der Waals surface area contributed by atoms with Crippen molar-refractivity contribution in [3.63, 3.8) is 0 Å². The van der Waals surface area contributed by atoms with E-state index in [0.29, 0.717) is 25.6 Å². The molecule has 2 amide bonds. The summed E-state index contributed by atoms with van der Waals surface area (Å²) in [6.07, 6.45) is 2.90. The van der Waals surface area contributed by atoms with Crippen LogP contribution in [0.4, 0.5) is 0 Å². The third-order valence-corrected chi connectivity index (χ3v) is 5.00. The number of amides is 2. The van der Waals surface area contributed by atoms with Crippen molar-refractivity contribution >= 4 is 11.8 Å². The van der Waals surface area contributed by atoms with E-state index < -0.39 is 0 Å². The Kier molecular flexibility index (Phi) is 5.61. The number of ether oxygens (including phenoxy) is 1. The lowest BCUT2D eigenvalue weighted by molar-refractivity contribution is -0.135. The highest BCUT2D eigenvalue weighted by molar-refractivity contribution is 5.81. The highest BCUT2D eigenvalue weighted by Gasteiger charge is 2.34. The first-order chi connectivity index (χ1) is 12.0. The average molecular weight is 344 g/mol. The van der Waals surface area contributed by atoms with Gasteiger partial charge in [0.2, 0.25) is 5.91 Å². The van der Waals surface area contributed by atoms with E-state index in [4.69, 9.17) is 4.74 Å². The molecule has 136 valence electrons. The molecule has 1 aromatic carbocycles. The summed E-state index contributed by atoms with van der Waals surface area (Å²) in [4.78, 5) is 28.3. The van der Waals surface area contributed by atoms with E-state index in [9.17, 15) is 9.59 Å². The monoisotopic (exact) mass is 344 g/mol. The number of nitrogens with zero attached hydrogens (tertiary/aromatic N) is 2. The van der Waals surface area contributed by atoms with Crippen LogP contribution in [0.1, 0.15) is 44.6 Å². The van der Waals surface area contributed by atoms with Crippen LogP contribution in [0.3, 0.4) is 0 Å². The third kappa shape index (κ3) is 4.74. The lowest BCUT2D eigenvalue weighted by atomic mass is 10.0. The van der Waals surface area contributed by atoms with Crippen LogP contribution >= 0.6 is 0 Å². The second-order valence-corrected chi connectivity index (χ2v) is 7.35. The van der Waals surface area contributed by atoms with Gasteiger partial charge in [-0.3, -0.25) is 9.59 Å². The fourth-order valence-electron chi connectivity index (χ4n) is 3.16. The molecule has 1 saturated carbocycles. The SMILES string of the molecule is CC(C)c1ccc(OCC(=O)N2CCCN(C(=O)C3CC3)CC2)cc1. The maximum atomic E-state index is 12.4. The first-order valence-electron chi connectivity index (χ1n) is 9.34. The number of hydrogen-bond donors (Lipinski definition) is 0. The Morgan fingerprint density at radius 1 is 1.04 bits per heavy atom. The summed E-state index contributed by atoms with van der Waals surface area (Å²) in [6.45, 7) is 7.06. The average Bonchev–Trinajstić information content (AvgIpc) is 3.45. The summed E-state index contributed by atoms with van der Waals surface area (Å²) >= 11 is 0. The van der Waals surface area contributed by atoms with Crippen LogP contribution in [0, 0.1) is 5.92 Å². The zero-order valence-electron chi connectivity index (χ0n) is 15.2. The van der Waals surface area contributed by atoms with Gasteiger partial charge in [-0.2, -0.15) is 0 Å². The van der Waals surface area contributed by atoms with Gasteiger partial charge in [-0.25, -0.2) is 0 Å². The molecule has 1 aliphatic heterocycles.